The predicted molar refractivity (Wildman–Crippen MR) is 76.7 cm³/mol. The minimum absolute atomic E-state index is 0.0742. The number of aryl methyl sites for hydroxylation is 1. The first-order valence-corrected chi connectivity index (χ1v) is 8.03. The maximum Gasteiger partial charge on any atom is 0.302 e. The molecule has 1 aromatic carbocycles. The van der Waals surface area contributed by atoms with Crippen molar-refractivity contribution in [1.82, 2.24) is 9.78 Å². The molecule has 0 amide bonds. The van der Waals surface area contributed by atoms with Crippen LogP contribution in [0.1, 0.15) is 12.7 Å². The van der Waals surface area contributed by atoms with Gasteiger partial charge in [-0.25, -0.2) is 0 Å². The molecule has 1 aromatic heterocycles. The van der Waals surface area contributed by atoms with E-state index in [4.69, 9.17) is 5.10 Å². The third kappa shape index (κ3) is 1.72. The topological polar surface area (TPSA) is 21.7 Å². The van der Waals surface area contributed by atoms with Crippen LogP contribution < -0.4 is 4.57 Å². The standard InChI is InChI=1S/C13H15BrN3S/c1-10-15-17-12(18-9-13(17,2)8-14)16(10)11-6-4-3-5-7-11/h3-7H,8-9H2,1-2H3/q+1. The van der Waals surface area contributed by atoms with Crippen LogP contribution in [0.4, 0.5) is 0 Å². The fourth-order valence-corrected chi connectivity index (χ4v) is 4.31. The zero-order valence-corrected chi connectivity index (χ0v) is 12.8. The molecule has 0 bridgehead atoms. The molecule has 1 aliphatic rings. The number of rotatable bonds is 2. The zero-order valence-electron chi connectivity index (χ0n) is 10.4. The van der Waals surface area contributed by atoms with Crippen molar-refractivity contribution in [2.75, 3.05) is 11.1 Å². The molecule has 1 unspecified atom stereocenters. The van der Waals surface area contributed by atoms with E-state index in [1.165, 1.54) is 10.8 Å². The van der Waals surface area contributed by atoms with Gasteiger partial charge in [0.15, 0.2) is 0 Å². The SMILES string of the molecule is Cc1nn2c([n+]1-c1ccccc1)SCC2(C)CBr. The van der Waals surface area contributed by atoms with Crippen molar-refractivity contribution in [2.45, 2.75) is 24.5 Å². The van der Waals surface area contributed by atoms with Crippen LogP contribution in [0.2, 0.25) is 0 Å². The second-order valence-electron chi connectivity index (χ2n) is 4.83. The number of benzene rings is 1. The Labute approximate surface area is 119 Å². The molecular formula is C13H15BrN3S+. The van der Waals surface area contributed by atoms with Crippen molar-refractivity contribution >= 4 is 27.7 Å². The fourth-order valence-electron chi connectivity index (χ4n) is 2.19. The van der Waals surface area contributed by atoms with Crippen molar-refractivity contribution < 1.29 is 4.57 Å². The second kappa shape index (κ2) is 4.38. The van der Waals surface area contributed by atoms with E-state index in [2.05, 4.69) is 63.3 Å². The Balaban J connectivity index is 2.17. The number of thioether (sulfide) groups is 1. The van der Waals surface area contributed by atoms with E-state index in [1.54, 1.807) is 0 Å². The summed E-state index contributed by atoms with van der Waals surface area (Å²) in [5.41, 5.74) is 1.26. The molecule has 0 fully saturated rings. The van der Waals surface area contributed by atoms with E-state index in [-0.39, 0.29) is 5.54 Å². The lowest BCUT2D eigenvalue weighted by Crippen LogP contribution is -2.35. The number of alkyl halides is 1. The van der Waals surface area contributed by atoms with E-state index in [9.17, 15) is 0 Å². The largest absolute Gasteiger partial charge is 0.302 e. The summed E-state index contributed by atoms with van der Waals surface area (Å²) < 4.78 is 4.40. The summed E-state index contributed by atoms with van der Waals surface area (Å²) in [6.07, 6.45) is 0. The van der Waals surface area contributed by atoms with Gasteiger partial charge >= 0.3 is 5.16 Å². The third-order valence-electron chi connectivity index (χ3n) is 3.27. The molecule has 94 valence electrons. The van der Waals surface area contributed by atoms with Crippen LogP contribution in [0, 0.1) is 6.92 Å². The van der Waals surface area contributed by atoms with E-state index in [1.807, 2.05) is 17.8 Å². The summed E-state index contributed by atoms with van der Waals surface area (Å²) in [5, 5.41) is 6.87. The average molecular weight is 325 g/mol. The number of halogens is 1. The third-order valence-corrected chi connectivity index (χ3v) is 5.85. The quantitative estimate of drug-likeness (QED) is 0.625. The Hall–Kier alpha value is -0.810. The minimum atomic E-state index is 0.0742. The van der Waals surface area contributed by atoms with Crippen LogP contribution in [0.15, 0.2) is 35.5 Å². The van der Waals surface area contributed by atoms with Gasteiger partial charge in [0.2, 0.25) is 0 Å². The highest BCUT2D eigenvalue weighted by Gasteiger charge is 2.45. The predicted octanol–water partition coefficient (Wildman–Crippen LogP) is 2.68. The summed E-state index contributed by atoms with van der Waals surface area (Å²) in [5.74, 6) is 2.10. The van der Waals surface area contributed by atoms with Gasteiger partial charge in [-0.3, -0.25) is 0 Å². The van der Waals surface area contributed by atoms with E-state index >= 15 is 0 Å². The number of nitrogens with zero attached hydrogens (tertiary/aromatic N) is 3. The van der Waals surface area contributed by atoms with Gasteiger partial charge in [0.25, 0.3) is 5.82 Å². The van der Waals surface area contributed by atoms with Crippen molar-refractivity contribution in [1.29, 1.82) is 0 Å². The lowest BCUT2D eigenvalue weighted by atomic mass is 10.1. The van der Waals surface area contributed by atoms with Gasteiger partial charge in [0, 0.05) is 23.1 Å². The molecule has 0 saturated carbocycles. The fraction of sp³-hybridized carbons (Fsp3) is 0.385. The second-order valence-corrected chi connectivity index (χ2v) is 6.34. The number of aromatic nitrogens is 3. The first-order valence-electron chi connectivity index (χ1n) is 5.92. The first-order chi connectivity index (χ1) is 8.65. The molecule has 2 heterocycles. The maximum absolute atomic E-state index is 4.72. The first kappa shape index (κ1) is 12.2. The summed E-state index contributed by atoms with van der Waals surface area (Å²) in [6.45, 7) is 4.31. The summed E-state index contributed by atoms with van der Waals surface area (Å²) in [7, 11) is 0. The average Bonchev–Trinajstić information content (AvgIpc) is 2.89. The summed E-state index contributed by atoms with van der Waals surface area (Å²) in [6, 6.07) is 10.4. The van der Waals surface area contributed by atoms with Gasteiger partial charge in [0.1, 0.15) is 11.2 Å². The smallest absolute Gasteiger partial charge is 0.189 e. The Bertz CT molecular complexity index is 581. The van der Waals surface area contributed by atoms with Crippen molar-refractivity contribution in [2.24, 2.45) is 0 Å². The monoisotopic (exact) mass is 324 g/mol. The van der Waals surface area contributed by atoms with Crippen LogP contribution in [0.25, 0.3) is 5.69 Å². The normalized spacial score (nSPS) is 22.2. The lowest BCUT2D eigenvalue weighted by molar-refractivity contribution is -0.644. The lowest BCUT2D eigenvalue weighted by Gasteiger charge is -2.13. The van der Waals surface area contributed by atoms with Crippen molar-refractivity contribution in [3.8, 4) is 5.69 Å². The molecule has 0 spiro atoms. The molecule has 3 nitrogen and oxygen atoms in total. The van der Waals surface area contributed by atoms with Crippen LogP contribution in [0.3, 0.4) is 0 Å². The summed E-state index contributed by atoms with van der Waals surface area (Å²) in [4.78, 5) is 0. The van der Waals surface area contributed by atoms with Gasteiger partial charge in [-0.15, -0.1) is 0 Å². The van der Waals surface area contributed by atoms with Gasteiger partial charge < -0.3 is 0 Å². The number of para-hydroxylation sites is 1. The van der Waals surface area contributed by atoms with Gasteiger partial charge in [0.05, 0.1) is 0 Å². The molecule has 0 radical (unpaired) electrons. The molecule has 3 rings (SSSR count). The molecule has 18 heavy (non-hydrogen) atoms. The van der Waals surface area contributed by atoms with Crippen molar-refractivity contribution in [3.05, 3.63) is 36.2 Å². The van der Waals surface area contributed by atoms with E-state index in [0.29, 0.717) is 0 Å². The van der Waals surface area contributed by atoms with E-state index < -0.39 is 0 Å². The highest BCUT2D eigenvalue weighted by molar-refractivity contribution is 9.09. The molecule has 5 heteroatoms. The number of hydrogen-bond acceptors (Lipinski definition) is 2. The maximum atomic E-state index is 4.72. The molecule has 1 aliphatic heterocycles. The highest BCUT2D eigenvalue weighted by Crippen LogP contribution is 2.36. The highest BCUT2D eigenvalue weighted by atomic mass is 79.9. The molecule has 2 aromatic rings. The Morgan fingerprint density at radius 2 is 2.17 bits per heavy atom. The Morgan fingerprint density at radius 3 is 2.83 bits per heavy atom. The Kier molecular flexibility index (Phi) is 2.98. The molecule has 0 saturated heterocycles. The molecule has 0 aliphatic carbocycles. The van der Waals surface area contributed by atoms with Crippen LogP contribution in [-0.2, 0) is 5.54 Å². The van der Waals surface area contributed by atoms with E-state index in [0.717, 1.165) is 16.9 Å². The van der Waals surface area contributed by atoms with Crippen molar-refractivity contribution in [3.63, 3.8) is 0 Å². The summed E-state index contributed by atoms with van der Waals surface area (Å²) >= 11 is 5.48. The number of hydrogen-bond donors (Lipinski definition) is 0. The van der Waals surface area contributed by atoms with Crippen LogP contribution in [-0.4, -0.2) is 20.9 Å². The Morgan fingerprint density at radius 1 is 1.44 bits per heavy atom. The number of fused-ring (bicyclic) bond motifs is 1. The minimum Gasteiger partial charge on any atom is -0.189 e. The van der Waals surface area contributed by atoms with Crippen LogP contribution in [0.5, 0.6) is 0 Å². The zero-order chi connectivity index (χ0) is 12.8. The van der Waals surface area contributed by atoms with Gasteiger partial charge in [-0.05, 0) is 30.8 Å². The van der Waals surface area contributed by atoms with Gasteiger partial charge in [-0.2, -0.15) is 4.57 Å². The molecular weight excluding hydrogens is 310 g/mol. The van der Waals surface area contributed by atoms with Crippen LogP contribution >= 0.6 is 27.7 Å². The van der Waals surface area contributed by atoms with Gasteiger partial charge in [-0.1, -0.05) is 38.8 Å². The molecule has 1 atom stereocenters. The molecule has 0 N–H and O–H groups in total.